The van der Waals surface area contributed by atoms with Gasteiger partial charge in [0.15, 0.2) is 11.5 Å². The van der Waals surface area contributed by atoms with Gasteiger partial charge in [-0.05, 0) is 75.0 Å². The number of nitrogens with zero attached hydrogens (tertiary/aromatic N) is 4. The van der Waals surface area contributed by atoms with Crippen LogP contribution in [0.15, 0.2) is 85.5 Å². The smallest absolute Gasteiger partial charge is 0.161 e. The van der Waals surface area contributed by atoms with Gasteiger partial charge in [0, 0.05) is 17.8 Å². The normalized spacial score (nSPS) is 12.5. The molecule has 202 valence electrons. The Hall–Kier alpha value is -4.36. The summed E-state index contributed by atoms with van der Waals surface area (Å²) in [7, 11) is 4.06. The average Bonchev–Trinajstić information content (AvgIpc) is 3.53. The van der Waals surface area contributed by atoms with Crippen LogP contribution < -0.4 is 0 Å². The Morgan fingerprint density at radius 1 is 1.05 bits per heavy atom. The number of allylic oxidation sites excluding steroid dienone is 5. The minimum absolute atomic E-state index is 0.289. The van der Waals surface area contributed by atoms with Gasteiger partial charge in [-0.15, -0.1) is 0 Å². The number of H-pyrrole nitrogens is 2. The first-order chi connectivity index (χ1) is 18.8. The van der Waals surface area contributed by atoms with Crippen LogP contribution >= 0.6 is 0 Å². The Labute approximate surface area is 230 Å². The fraction of sp³-hybridized carbons (Fsp3) is 0.219. The molecule has 0 bridgehead atoms. The Balaban J connectivity index is 0.00000205. The standard InChI is InChI=1S/C30H31FN6.C2H6/c1-7-10-24(22-11-13-23(31)14-12-22)27-19(4)32-30(34-27)29-28-26(35-36-29)16-15-25(33-28)21(9-3)17-20(8-2)18-37(5)6;1-2/h7-17H,1-2,18H2,3-6H3,(H,32,34)(H,35,36);1-2H3/b20-17+,21-9+,24-10-;. The number of benzene rings is 1. The number of hydrogen-bond acceptors (Lipinski definition) is 4. The molecule has 3 aromatic heterocycles. The molecule has 0 unspecified atom stereocenters. The van der Waals surface area contributed by atoms with Crippen LogP contribution in [0.5, 0.6) is 0 Å². The van der Waals surface area contributed by atoms with Gasteiger partial charge in [-0.3, -0.25) is 5.10 Å². The molecule has 0 atom stereocenters. The predicted molar refractivity (Wildman–Crippen MR) is 162 cm³/mol. The number of rotatable bonds is 9. The molecule has 1 aromatic carbocycles. The molecule has 0 aliphatic carbocycles. The molecule has 0 saturated carbocycles. The number of fused-ring (bicyclic) bond motifs is 1. The minimum atomic E-state index is -0.289. The van der Waals surface area contributed by atoms with Crippen LogP contribution in [0.3, 0.4) is 0 Å². The maximum atomic E-state index is 13.5. The lowest BCUT2D eigenvalue weighted by atomic mass is 10.0. The summed E-state index contributed by atoms with van der Waals surface area (Å²) in [5.74, 6) is 0.306. The van der Waals surface area contributed by atoms with Crippen molar-refractivity contribution in [2.75, 3.05) is 20.6 Å². The number of aromatic amines is 2. The lowest BCUT2D eigenvalue weighted by Gasteiger charge is -2.11. The van der Waals surface area contributed by atoms with Crippen molar-refractivity contribution in [3.8, 4) is 11.5 Å². The number of aromatic nitrogens is 5. The molecule has 3 heterocycles. The van der Waals surface area contributed by atoms with Crippen molar-refractivity contribution in [2.45, 2.75) is 27.7 Å². The molecule has 2 N–H and O–H groups in total. The molecule has 0 fully saturated rings. The lowest BCUT2D eigenvalue weighted by molar-refractivity contribution is 0.449. The van der Waals surface area contributed by atoms with E-state index in [9.17, 15) is 4.39 Å². The van der Waals surface area contributed by atoms with Gasteiger partial charge in [0.2, 0.25) is 0 Å². The first-order valence-electron chi connectivity index (χ1n) is 13.0. The minimum Gasteiger partial charge on any atom is -0.340 e. The van der Waals surface area contributed by atoms with E-state index >= 15 is 0 Å². The van der Waals surface area contributed by atoms with Crippen LogP contribution in [0.1, 0.15) is 43.4 Å². The van der Waals surface area contributed by atoms with E-state index in [0.29, 0.717) is 17.0 Å². The van der Waals surface area contributed by atoms with E-state index in [1.165, 1.54) is 12.1 Å². The first kappa shape index (κ1) is 29.2. The highest BCUT2D eigenvalue weighted by Crippen LogP contribution is 2.30. The average molecular weight is 525 g/mol. The molecule has 39 heavy (non-hydrogen) atoms. The lowest BCUT2D eigenvalue weighted by Crippen LogP contribution is -2.14. The summed E-state index contributed by atoms with van der Waals surface area (Å²) in [5, 5.41) is 7.59. The summed E-state index contributed by atoms with van der Waals surface area (Å²) in [4.78, 5) is 15.3. The van der Waals surface area contributed by atoms with Crippen LogP contribution in [-0.4, -0.2) is 50.7 Å². The Morgan fingerprint density at radius 3 is 2.38 bits per heavy atom. The van der Waals surface area contributed by atoms with Gasteiger partial charge in [0.1, 0.15) is 11.3 Å². The summed E-state index contributed by atoms with van der Waals surface area (Å²) < 4.78 is 13.5. The molecule has 4 rings (SSSR count). The van der Waals surface area contributed by atoms with Gasteiger partial charge in [-0.2, -0.15) is 5.10 Å². The highest BCUT2D eigenvalue weighted by Gasteiger charge is 2.19. The van der Waals surface area contributed by atoms with Gasteiger partial charge in [-0.1, -0.05) is 63.4 Å². The fourth-order valence-electron chi connectivity index (χ4n) is 4.16. The van der Waals surface area contributed by atoms with Crippen LogP contribution in [0.2, 0.25) is 0 Å². The van der Waals surface area contributed by atoms with E-state index in [-0.39, 0.29) is 5.82 Å². The molecular weight excluding hydrogens is 487 g/mol. The van der Waals surface area contributed by atoms with Gasteiger partial charge in [-0.25, -0.2) is 14.4 Å². The zero-order chi connectivity index (χ0) is 28.5. The van der Waals surface area contributed by atoms with Crippen LogP contribution in [0, 0.1) is 12.7 Å². The number of aryl methyl sites for hydroxylation is 1. The third-order valence-corrected chi connectivity index (χ3v) is 5.92. The number of pyridine rings is 1. The quantitative estimate of drug-likeness (QED) is 0.222. The summed E-state index contributed by atoms with van der Waals surface area (Å²) in [6.45, 7) is 16.5. The number of hydrogen-bond donors (Lipinski definition) is 2. The van der Waals surface area contributed by atoms with E-state index in [1.807, 2.05) is 72.2 Å². The molecule has 0 amide bonds. The molecule has 0 radical (unpaired) electrons. The van der Waals surface area contributed by atoms with Crippen molar-refractivity contribution in [3.05, 3.63) is 114 Å². The predicted octanol–water partition coefficient (Wildman–Crippen LogP) is 7.52. The van der Waals surface area contributed by atoms with E-state index in [4.69, 9.17) is 9.97 Å². The highest BCUT2D eigenvalue weighted by atomic mass is 19.1. The topological polar surface area (TPSA) is 73.5 Å². The second kappa shape index (κ2) is 13.4. The van der Waals surface area contributed by atoms with E-state index in [2.05, 4.69) is 39.3 Å². The van der Waals surface area contributed by atoms with Crippen molar-refractivity contribution >= 4 is 22.2 Å². The van der Waals surface area contributed by atoms with Crippen LogP contribution in [-0.2, 0) is 0 Å². The molecular formula is C32H37FN6. The van der Waals surface area contributed by atoms with E-state index in [1.54, 1.807) is 18.2 Å². The molecule has 0 spiro atoms. The SMILES string of the molecule is C=C/C=C(/c1ccc(F)cc1)c1nc(-c2n[nH]c3ccc(C(/C=C(\C=C)CN(C)C)=C/C)nc23)[nH]c1C.CC. The third-order valence-electron chi connectivity index (χ3n) is 5.92. The van der Waals surface area contributed by atoms with Crippen molar-refractivity contribution in [1.82, 2.24) is 30.0 Å². The van der Waals surface area contributed by atoms with Crippen molar-refractivity contribution in [3.63, 3.8) is 0 Å². The van der Waals surface area contributed by atoms with E-state index < -0.39 is 0 Å². The molecule has 0 aliphatic heterocycles. The number of halogens is 1. The van der Waals surface area contributed by atoms with E-state index in [0.717, 1.165) is 51.4 Å². The molecule has 0 aliphatic rings. The monoisotopic (exact) mass is 524 g/mol. The van der Waals surface area contributed by atoms with Gasteiger partial charge in [0.05, 0.1) is 16.9 Å². The largest absolute Gasteiger partial charge is 0.340 e. The van der Waals surface area contributed by atoms with Crippen LogP contribution in [0.25, 0.3) is 33.7 Å². The first-order valence-corrected chi connectivity index (χ1v) is 13.0. The molecule has 0 saturated heterocycles. The second-order valence-electron chi connectivity index (χ2n) is 8.95. The summed E-state index contributed by atoms with van der Waals surface area (Å²) in [6.07, 6.45) is 9.58. The van der Waals surface area contributed by atoms with Crippen LogP contribution in [0.4, 0.5) is 4.39 Å². The summed E-state index contributed by atoms with van der Waals surface area (Å²) in [6, 6.07) is 10.3. The Kier molecular flexibility index (Phi) is 10.1. The number of nitrogens with one attached hydrogen (secondary N) is 2. The molecule has 6 nitrogen and oxygen atoms in total. The number of imidazole rings is 1. The van der Waals surface area contributed by atoms with Gasteiger partial charge >= 0.3 is 0 Å². The zero-order valence-electron chi connectivity index (χ0n) is 23.6. The van der Waals surface area contributed by atoms with Crippen molar-refractivity contribution < 1.29 is 4.39 Å². The second-order valence-corrected chi connectivity index (χ2v) is 8.95. The van der Waals surface area contributed by atoms with Crippen molar-refractivity contribution in [1.29, 1.82) is 0 Å². The third kappa shape index (κ3) is 6.75. The maximum absolute atomic E-state index is 13.5. The molecule has 4 aromatic rings. The maximum Gasteiger partial charge on any atom is 0.161 e. The molecule has 7 heteroatoms. The summed E-state index contributed by atoms with van der Waals surface area (Å²) in [5.41, 5.74) is 8.35. The number of likely N-dealkylation sites (N-methyl/N-ethyl adjacent to an activating group) is 1. The Morgan fingerprint density at radius 2 is 1.77 bits per heavy atom. The highest BCUT2D eigenvalue weighted by molar-refractivity contribution is 5.90. The fourth-order valence-corrected chi connectivity index (χ4v) is 4.16. The van der Waals surface area contributed by atoms with Crippen molar-refractivity contribution in [2.24, 2.45) is 0 Å². The van der Waals surface area contributed by atoms with Gasteiger partial charge < -0.3 is 9.88 Å². The zero-order valence-corrected chi connectivity index (χ0v) is 23.6. The summed E-state index contributed by atoms with van der Waals surface area (Å²) >= 11 is 0. The van der Waals surface area contributed by atoms with Gasteiger partial charge in [0.25, 0.3) is 0 Å². The Bertz CT molecular complexity index is 1530.